The molecule has 0 radical (unpaired) electrons. The van der Waals surface area contributed by atoms with E-state index in [1.807, 2.05) is 0 Å². The number of carbonyl (C=O) groups excluding carboxylic acids is 2. The number of rotatable bonds is 5. The molecular weight excluding hydrogens is 250 g/mol. The van der Waals surface area contributed by atoms with Crippen molar-refractivity contribution in [3.63, 3.8) is 0 Å². The molecule has 1 fully saturated rings. The third-order valence-electron chi connectivity index (χ3n) is 3.55. The molecule has 6 heteroatoms. The number of hydrogen-bond donors (Lipinski definition) is 1. The lowest BCUT2D eigenvalue weighted by Crippen LogP contribution is -2.47. The van der Waals surface area contributed by atoms with Crippen LogP contribution in [0.4, 0.5) is 0 Å². The summed E-state index contributed by atoms with van der Waals surface area (Å²) in [5.74, 6) is -1.71. The van der Waals surface area contributed by atoms with Gasteiger partial charge in [0.1, 0.15) is 0 Å². The van der Waals surface area contributed by atoms with Crippen LogP contribution in [-0.4, -0.2) is 36.1 Å². The van der Waals surface area contributed by atoms with Gasteiger partial charge in [0.25, 0.3) is 0 Å². The molecule has 1 atom stereocenters. The molecule has 108 valence electrons. The van der Waals surface area contributed by atoms with Crippen molar-refractivity contribution in [3.05, 3.63) is 0 Å². The summed E-state index contributed by atoms with van der Waals surface area (Å²) in [4.78, 5) is 24.3. The fourth-order valence-electron chi connectivity index (χ4n) is 2.50. The highest BCUT2D eigenvalue weighted by molar-refractivity contribution is 6.06. The lowest BCUT2D eigenvalue weighted by atomic mass is 9.75. The summed E-state index contributed by atoms with van der Waals surface area (Å²) in [5, 5.41) is 12.2. The predicted octanol–water partition coefficient (Wildman–Crippen LogP) is 1.75. The lowest BCUT2D eigenvalue weighted by molar-refractivity contribution is -0.173. The number of ether oxygens (including phenoxy) is 2. The van der Waals surface area contributed by atoms with E-state index in [9.17, 15) is 9.59 Å². The Morgan fingerprint density at radius 2 is 1.84 bits per heavy atom. The van der Waals surface area contributed by atoms with Gasteiger partial charge in [0.2, 0.25) is 0 Å². The summed E-state index contributed by atoms with van der Waals surface area (Å²) in [5.41, 5.74) is -0.979. The number of nitrogens with zero attached hydrogens (tertiary/aromatic N) is 1. The molecule has 1 rings (SSSR count). The molecule has 0 heterocycles. The standard InChI is InChI=1S/C13H21NO5/c1-4-18-11(15)13(3,12(16)19-5-2)9-7-6-8-10(9)14-17/h9,17H,4-8H2,1-3H3/b14-10+. The van der Waals surface area contributed by atoms with Crippen molar-refractivity contribution in [2.75, 3.05) is 13.2 Å². The van der Waals surface area contributed by atoms with Crippen LogP contribution >= 0.6 is 0 Å². The highest BCUT2D eigenvalue weighted by atomic mass is 16.6. The van der Waals surface area contributed by atoms with Crippen molar-refractivity contribution in [3.8, 4) is 0 Å². The zero-order valence-corrected chi connectivity index (χ0v) is 11.6. The Hall–Kier alpha value is -1.59. The van der Waals surface area contributed by atoms with Gasteiger partial charge in [-0.15, -0.1) is 0 Å². The molecule has 0 aromatic rings. The minimum absolute atomic E-state index is 0.187. The van der Waals surface area contributed by atoms with E-state index in [1.54, 1.807) is 13.8 Å². The Labute approximate surface area is 112 Å². The first-order chi connectivity index (χ1) is 9.02. The number of oxime groups is 1. The lowest BCUT2D eigenvalue weighted by Gasteiger charge is -2.30. The molecule has 0 aromatic heterocycles. The molecule has 1 aliphatic carbocycles. The normalized spacial score (nSPS) is 21.4. The van der Waals surface area contributed by atoms with Crippen molar-refractivity contribution in [1.82, 2.24) is 0 Å². The van der Waals surface area contributed by atoms with Crippen LogP contribution in [0.25, 0.3) is 0 Å². The van der Waals surface area contributed by atoms with Crippen LogP contribution in [0.1, 0.15) is 40.0 Å². The van der Waals surface area contributed by atoms with Gasteiger partial charge in [0.05, 0.1) is 18.9 Å². The molecule has 0 bridgehead atoms. The third kappa shape index (κ3) is 2.88. The molecule has 0 aliphatic heterocycles. The molecule has 0 spiro atoms. The summed E-state index contributed by atoms with van der Waals surface area (Å²) in [6, 6.07) is 0. The van der Waals surface area contributed by atoms with Crippen molar-refractivity contribution in [1.29, 1.82) is 0 Å². The molecule has 1 saturated carbocycles. The summed E-state index contributed by atoms with van der Waals surface area (Å²) in [6.07, 6.45) is 1.96. The van der Waals surface area contributed by atoms with Crippen molar-refractivity contribution in [2.45, 2.75) is 40.0 Å². The number of carbonyl (C=O) groups is 2. The van der Waals surface area contributed by atoms with Crippen LogP contribution in [-0.2, 0) is 19.1 Å². The maximum absolute atomic E-state index is 12.2. The molecule has 0 aromatic carbocycles. The maximum Gasteiger partial charge on any atom is 0.323 e. The maximum atomic E-state index is 12.2. The van der Waals surface area contributed by atoms with Gasteiger partial charge in [0.15, 0.2) is 5.41 Å². The highest BCUT2D eigenvalue weighted by Crippen LogP contribution is 2.40. The zero-order valence-electron chi connectivity index (χ0n) is 11.6. The average molecular weight is 271 g/mol. The van der Waals surface area contributed by atoms with Crippen LogP contribution in [0.5, 0.6) is 0 Å². The molecule has 19 heavy (non-hydrogen) atoms. The third-order valence-corrected chi connectivity index (χ3v) is 3.55. The molecule has 0 amide bonds. The first-order valence-corrected chi connectivity index (χ1v) is 6.57. The largest absolute Gasteiger partial charge is 0.465 e. The Balaban J connectivity index is 3.11. The van der Waals surface area contributed by atoms with Gasteiger partial charge in [-0.25, -0.2) is 0 Å². The second kappa shape index (κ2) is 6.54. The Morgan fingerprint density at radius 3 is 2.26 bits per heavy atom. The van der Waals surface area contributed by atoms with Gasteiger partial charge < -0.3 is 14.7 Å². The smallest absolute Gasteiger partial charge is 0.323 e. The summed E-state index contributed by atoms with van der Waals surface area (Å²) in [7, 11) is 0. The van der Waals surface area contributed by atoms with E-state index in [1.165, 1.54) is 6.92 Å². The monoisotopic (exact) mass is 271 g/mol. The van der Waals surface area contributed by atoms with E-state index in [2.05, 4.69) is 5.16 Å². The van der Waals surface area contributed by atoms with Crippen LogP contribution in [0.3, 0.4) is 0 Å². The summed E-state index contributed by atoms with van der Waals surface area (Å²) >= 11 is 0. The molecule has 6 nitrogen and oxygen atoms in total. The first-order valence-electron chi connectivity index (χ1n) is 6.57. The van der Waals surface area contributed by atoms with Crippen LogP contribution in [0, 0.1) is 11.3 Å². The summed E-state index contributed by atoms with van der Waals surface area (Å²) in [6.45, 7) is 5.24. The van der Waals surface area contributed by atoms with Gasteiger partial charge in [-0.2, -0.15) is 0 Å². The van der Waals surface area contributed by atoms with E-state index < -0.39 is 23.3 Å². The van der Waals surface area contributed by atoms with E-state index in [4.69, 9.17) is 14.7 Å². The van der Waals surface area contributed by atoms with E-state index >= 15 is 0 Å². The summed E-state index contributed by atoms with van der Waals surface area (Å²) < 4.78 is 10.0. The van der Waals surface area contributed by atoms with Gasteiger partial charge in [-0.05, 0) is 40.0 Å². The van der Waals surface area contributed by atoms with Gasteiger partial charge in [-0.1, -0.05) is 5.16 Å². The van der Waals surface area contributed by atoms with Gasteiger partial charge in [-0.3, -0.25) is 9.59 Å². The highest BCUT2D eigenvalue weighted by Gasteiger charge is 2.54. The van der Waals surface area contributed by atoms with Gasteiger partial charge in [0, 0.05) is 5.92 Å². The Bertz CT molecular complexity index is 359. The predicted molar refractivity (Wildman–Crippen MR) is 67.9 cm³/mol. The van der Waals surface area contributed by atoms with Crippen LogP contribution < -0.4 is 0 Å². The average Bonchev–Trinajstić information content (AvgIpc) is 2.86. The van der Waals surface area contributed by atoms with Crippen LogP contribution in [0.2, 0.25) is 0 Å². The minimum atomic E-state index is -1.44. The quantitative estimate of drug-likeness (QED) is 0.356. The first kappa shape index (κ1) is 15.5. The van der Waals surface area contributed by atoms with E-state index in [0.717, 1.165) is 6.42 Å². The molecule has 0 saturated heterocycles. The zero-order chi connectivity index (χ0) is 14.5. The van der Waals surface area contributed by atoms with Crippen molar-refractivity contribution >= 4 is 17.7 Å². The van der Waals surface area contributed by atoms with Gasteiger partial charge >= 0.3 is 11.9 Å². The molecule has 1 aliphatic rings. The fraction of sp³-hybridized carbons (Fsp3) is 0.769. The van der Waals surface area contributed by atoms with E-state index in [-0.39, 0.29) is 13.2 Å². The minimum Gasteiger partial charge on any atom is -0.465 e. The SMILES string of the molecule is CCOC(=O)C(C)(C(=O)OCC)C1CCC/C1=N\O. The Morgan fingerprint density at radius 1 is 1.32 bits per heavy atom. The Kier molecular flexibility index (Phi) is 5.32. The number of esters is 2. The molecule has 1 N–H and O–H groups in total. The van der Waals surface area contributed by atoms with E-state index in [0.29, 0.717) is 18.6 Å². The fourth-order valence-corrected chi connectivity index (χ4v) is 2.50. The molecule has 1 unspecified atom stereocenters. The number of hydrogen-bond acceptors (Lipinski definition) is 6. The second-order valence-electron chi connectivity index (χ2n) is 4.68. The molecular formula is C13H21NO5. The van der Waals surface area contributed by atoms with Crippen molar-refractivity contribution in [2.24, 2.45) is 16.5 Å². The topological polar surface area (TPSA) is 85.2 Å². The van der Waals surface area contributed by atoms with Crippen LogP contribution in [0.15, 0.2) is 5.16 Å². The second-order valence-corrected chi connectivity index (χ2v) is 4.68. The van der Waals surface area contributed by atoms with Crippen molar-refractivity contribution < 1.29 is 24.3 Å².